The minimum absolute atomic E-state index is 0.0292. The number of anilines is 1. The van der Waals surface area contributed by atoms with Gasteiger partial charge in [0.1, 0.15) is 18.4 Å². The van der Waals surface area contributed by atoms with Gasteiger partial charge in [0.25, 0.3) is 5.91 Å². The van der Waals surface area contributed by atoms with Crippen LogP contribution in [-0.2, 0) is 9.16 Å². The Hall–Kier alpha value is -1.86. The van der Waals surface area contributed by atoms with Crippen molar-refractivity contribution < 1.29 is 19.1 Å². The molecule has 1 saturated heterocycles. The molecule has 1 aromatic carbocycles. The molecule has 5 rings (SSSR count). The molecule has 9 nitrogen and oxygen atoms in total. The average molecular weight is 757 g/mol. The molecule has 0 saturated carbocycles. The van der Waals surface area contributed by atoms with E-state index in [1.165, 1.54) is 44.9 Å². The molecule has 0 unspecified atom stereocenters. The fourth-order valence-electron chi connectivity index (χ4n) is 5.83. The predicted octanol–water partition coefficient (Wildman–Crippen LogP) is 8.05. The van der Waals surface area contributed by atoms with E-state index < -0.39 is 40.3 Å². The molecule has 0 radical (unpaired) electrons. The molecule has 11 heteroatoms. The number of nitrogens with zero attached hydrogens (tertiary/aromatic N) is 4. The van der Waals surface area contributed by atoms with Gasteiger partial charge in [0.05, 0.1) is 12.2 Å². The van der Waals surface area contributed by atoms with Gasteiger partial charge < -0.3 is 19.6 Å². The number of fused-ring (bicyclic) bond motifs is 6. The summed E-state index contributed by atoms with van der Waals surface area (Å²) in [7, 11) is -2.08. The standard InChI is InChI=1S/C23H28N5O4Si.3C4H9.Sn/c1-23(2,3)33(4,5)32-14-11-15-28-20-16(26-21(28)17(29)18(14)31-15)19(24-12-25-20)27-22(30)13-9-7-6-8-10-13;3*1-3-4-2;/h6-10,12,14-15,17-18H,11H2,1-5H3,(H,24,25,27,30);3*1,3-4H2,2H3;/q-1;;;;+1/t14-,15+,17+,18-;;;;/m0..../s1. The normalized spacial score (nSPS) is 20.6. The zero-order valence-electron chi connectivity index (χ0n) is 29.3. The van der Waals surface area contributed by atoms with Gasteiger partial charge in [-0.3, -0.25) is 9.36 Å². The number of unbranched alkanes of at least 4 members (excludes halogenated alkanes) is 3. The number of benzene rings is 1. The minimum atomic E-state index is -2.08. The van der Waals surface area contributed by atoms with Crippen molar-refractivity contribution in [3.8, 4) is 0 Å². The third-order valence-electron chi connectivity index (χ3n) is 9.63. The second kappa shape index (κ2) is 16.5. The fourth-order valence-corrected chi connectivity index (χ4v) is 16.6. The first-order valence-corrected chi connectivity index (χ1v) is 26.3. The van der Waals surface area contributed by atoms with E-state index >= 15 is 0 Å². The monoisotopic (exact) mass is 757 g/mol. The van der Waals surface area contributed by atoms with Crippen LogP contribution in [0.1, 0.15) is 115 Å². The zero-order chi connectivity index (χ0) is 33.5. The van der Waals surface area contributed by atoms with Crippen molar-refractivity contribution in [1.29, 1.82) is 0 Å². The maximum absolute atomic E-state index is 13.4. The van der Waals surface area contributed by atoms with Crippen LogP contribution in [0.25, 0.3) is 11.2 Å². The molecule has 1 fully saturated rings. The summed E-state index contributed by atoms with van der Waals surface area (Å²) >= 11 is -0.839. The predicted molar refractivity (Wildman–Crippen MR) is 188 cm³/mol. The van der Waals surface area contributed by atoms with Gasteiger partial charge in [0, 0.05) is 12.0 Å². The van der Waals surface area contributed by atoms with Gasteiger partial charge in [0.2, 0.25) is 0 Å². The van der Waals surface area contributed by atoms with Crippen molar-refractivity contribution in [2.75, 3.05) is 5.32 Å². The van der Waals surface area contributed by atoms with Crippen LogP contribution in [0.3, 0.4) is 0 Å². The van der Waals surface area contributed by atoms with E-state index in [-0.39, 0.29) is 29.1 Å². The first-order valence-electron chi connectivity index (χ1n) is 17.3. The van der Waals surface area contributed by atoms with E-state index in [0.29, 0.717) is 29.0 Å². The molecular formula is C35H55N5O4SiSn. The van der Waals surface area contributed by atoms with E-state index in [1.54, 1.807) is 42.1 Å². The van der Waals surface area contributed by atoms with E-state index in [1.807, 2.05) is 6.07 Å². The summed E-state index contributed by atoms with van der Waals surface area (Å²) in [6.07, 6.45) is 8.28. The number of aromatic nitrogens is 4. The Balaban J connectivity index is 0.000000315. The Kier molecular flexibility index (Phi) is 13.3. The molecule has 2 bridgehead atoms. The van der Waals surface area contributed by atoms with Crippen molar-refractivity contribution in [1.82, 2.24) is 19.5 Å². The van der Waals surface area contributed by atoms with Gasteiger partial charge in [-0.2, -0.15) is 0 Å². The van der Waals surface area contributed by atoms with E-state index in [2.05, 4.69) is 74.9 Å². The topological polar surface area (TPSA) is 114 Å². The number of carbonyl (C=O) groups excluding carboxylic acids is 1. The molecule has 1 amide bonds. The summed E-state index contributed by atoms with van der Waals surface area (Å²) in [5.74, 6) is 0.317. The van der Waals surface area contributed by atoms with Crippen LogP contribution in [0, 0.1) is 0 Å². The van der Waals surface area contributed by atoms with Gasteiger partial charge in [-0.05, 0) is 36.4 Å². The number of rotatable bonds is 13. The molecule has 3 aromatic rings. The first-order chi connectivity index (χ1) is 21.9. The van der Waals surface area contributed by atoms with Crippen molar-refractivity contribution in [3.05, 3.63) is 48.0 Å². The van der Waals surface area contributed by atoms with Crippen LogP contribution in [-0.4, -0.2) is 65.7 Å². The average Bonchev–Trinajstić information content (AvgIpc) is 3.60. The van der Waals surface area contributed by atoms with Gasteiger partial charge in [-0.1, -0.05) is 39.0 Å². The van der Waals surface area contributed by atoms with E-state index in [9.17, 15) is 9.90 Å². The number of carbonyl (C=O) groups is 1. The van der Waals surface area contributed by atoms with Crippen molar-refractivity contribution in [2.24, 2.45) is 0 Å². The van der Waals surface area contributed by atoms with Crippen molar-refractivity contribution in [3.63, 3.8) is 0 Å². The summed E-state index contributed by atoms with van der Waals surface area (Å²) in [5, 5.41) is 16.2. The Labute approximate surface area is 284 Å². The molecule has 2 aliphatic rings. The summed E-state index contributed by atoms with van der Waals surface area (Å²) in [4.78, 5) is 25.8. The molecule has 4 heterocycles. The molecule has 46 heavy (non-hydrogen) atoms. The Morgan fingerprint density at radius 1 is 1.04 bits per heavy atom. The van der Waals surface area contributed by atoms with Gasteiger partial charge in [-0.25, -0.2) is 15.0 Å². The number of ether oxygens (including phenoxy) is 1. The number of hydrogen-bond donors (Lipinski definition) is 1. The van der Waals surface area contributed by atoms with Gasteiger partial charge in [0.15, 0.2) is 25.3 Å². The Bertz CT molecular complexity index is 1390. The summed E-state index contributed by atoms with van der Waals surface area (Å²) in [5.41, 5.74) is 1.36. The second-order valence-corrected chi connectivity index (χ2v) is 27.6. The molecule has 2 aromatic heterocycles. The molecule has 2 aliphatic heterocycles. The van der Waals surface area contributed by atoms with Gasteiger partial charge >= 0.3 is 92.4 Å². The number of nitrogens with one attached hydrogen (secondary N) is 1. The van der Waals surface area contributed by atoms with Crippen LogP contribution in [0.2, 0.25) is 31.4 Å². The second-order valence-electron chi connectivity index (χ2n) is 14.2. The maximum atomic E-state index is 13.4. The molecule has 252 valence electrons. The molecule has 0 spiro atoms. The zero-order valence-corrected chi connectivity index (χ0v) is 33.1. The van der Waals surface area contributed by atoms with Crippen molar-refractivity contribution in [2.45, 2.75) is 142 Å². The quantitative estimate of drug-likeness (QED) is 0.176. The summed E-state index contributed by atoms with van der Waals surface area (Å²) < 4.78 is 19.5. The van der Waals surface area contributed by atoms with Crippen LogP contribution in [0.4, 0.5) is 5.82 Å². The van der Waals surface area contributed by atoms with Crippen LogP contribution >= 0.6 is 0 Å². The Morgan fingerprint density at radius 3 is 2.22 bits per heavy atom. The number of hydrogen-bond acceptors (Lipinski definition) is 7. The molecular weight excluding hydrogens is 701 g/mol. The summed E-state index contributed by atoms with van der Waals surface area (Å²) in [6, 6.07) is 8.86. The third-order valence-corrected chi connectivity index (χ3v) is 23.2. The molecule has 4 atom stereocenters. The first kappa shape index (κ1) is 37.0. The Morgan fingerprint density at radius 2 is 1.65 bits per heavy atom. The SMILES string of the molecule is CC(C)(C)[Si](C)(C)O[C@H]1C[C@H]2O[C@@H]1[C@@H]([O-])c1nc3c(NC(=O)c4ccccc4)ncnc3n12.CCC[CH2][Sn+]([CH2]CCC)[CH2]CCC. The number of amides is 1. The van der Waals surface area contributed by atoms with Gasteiger partial charge in [-0.15, -0.1) is 0 Å². The van der Waals surface area contributed by atoms with Crippen molar-refractivity contribution >= 4 is 51.0 Å². The van der Waals surface area contributed by atoms with Crippen LogP contribution < -0.4 is 10.4 Å². The fraction of sp³-hybridized carbons (Fsp3) is 0.657. The van der Waals surface area contributed by atoms with Crippen LogP contribution in [0.5, 0.6) is 0 Å². The molecule has 0 aliphatic carbocycles. The van der Waals surface area contributed by atoms with Crippen LogP contribution in [0.15, 0.2) is 36.7 Å². The molecule has 1 N–H and O–H groups in total. The van der Waals surface area contributed by atoms with E-state index in [4.69, 9.17) is 9.16 Å². The van der Waals surface area contributed by atoms with E-state index in [0.717, 1.165) is 0 Å². The summed E-state index contributed by atoms with van der Waals surface area (Å²) in [6.45, 7) is 17.9. The third kappa shape index (κ3) is 8.78. The number of imidazole rings is 1.